The molecule has 0 aliphatic rings. The molecule has 0 aromatic heterocycles. The maximum atomic E-state index is 11.0. The molecule has 0 saturated heterocycles. The highest BCUT2D eigenvalue weighted by Gasteiger charge is 2.10. The van der Waals surface area contributed by atoms with Crippen molar-refractivity contribution in [1.82, 2.24) is 0 Å². The first-order valence-corrected chi connectivity index (χ1v) is 4.05. The highest BCUT2D eigenvalue weighted by Crippen LogP contribution is 2.17. The quantitative estimate of drug-likeness (QED) is 0.760. The van der Waals surface area contributed by atoms with E-state index in [4.69, 9.17) is 10.5 Å². The summed E-state index contributed by atoms with van der Waals surface area (Å²) in [5.41, 5.74) is 6.44. The van der Waals surface area contributed by atoms with E-state index in [9.17, 15) is 4.79 Å². The number of hydrogen-bond donors (Lipinski definition) is 1. The third-order valence-corrected chi connectivity index (χ3v) is 1.89. The Morgan fingerprint density at radius 1 is 1.54 bits per heavy atom. The van der Waals surface area contributed by atoms with Gasteiger partial charge in [-0.3, -0.25) is 4.79 Å². The molecule has 0 fully saturated rings. The van der Waals surface area contributed by atoms with Crippen LogP contribution in [-0.4, -0.2) is 12.9 Å². The number of nitrogens with two attached hydrogens (primary N) is 1. The van der Waals surface area contributed by atoms with Crippen LogP contribution in [0.25, 0.3) is 0 Å². The van der Waals surface area contributed by atoms with Gasteiger partial charge in [0.2, 0.25) is 0 Å². The van der Waals surface area contributed by atoms with Crippen molar-refractivity contribution in [2.45, 2.75) is 13.0 Å². The van der Waals surface area contributed by atoms with Gasteiger partial charge in [-0.25, -0.2) is 0 Å². The second-order valence-electron chi connectivity index (χ2n) is 2.86. The fourth-order valence-electron chi connectivity index (χ4n) is 1.07. The lowest BCUT2D eigenvalue weighted by atomic mass is 10.0. The molecule has 0 saturated carbocycles. The van der Waals surface area contributed by atoms with Crippen LogP contribution in [0, 0.1) is 0 Å². The minimum absolute atomic E-state index is 0.0479. The van der Waals surface area contributed by atoms with Gasteiger partial charge in [0.1, 0.15) is 5.75 Å². The fraction of sp³-hybridized carbons (Fsp3) is 0.300. The largest absolute Gasteiger partial charge is 0.497 e. The highest BCUT2D eigenvalue weighted by atomic mass is 16.5. The van der Waals surface area contributed by atoms with E-state index in [0.29, 0.717) is 5.75 Å². The Bertz CT molecular complexity index is 310. The zero-order valence-electron chi connectivity index (χ0n) is 7.78. The minimum Gasteiger partial charge on any atom is -0.497 e. The van der Waals surface area contributed by atoms with Gasteiger partial charge in [-0.05, 0) is 24.6 Å². The second kappa shape index (κ2) is 4.05. The molecule has 1 aromatic carbocycles. The van der Waals surface area contributed by atoms with E-state index in [2.05, 4.69) is 0 Å². The van der Waals surface area contributed by atoms with Crippen LogP contribution in [0.4, 0.5) is 0 Å². The molecule has 0 spiro atoms. The number of ketones is 1. The van der Waals surface area contributed by atoms with E-state index in [0.717, 1.165) is 5.56 Å². The Morgan fingerprint density at radius 2 is 2.23 bits per heavy atom. The SMILES string of the molecule is COc1cccc(C(N)C(C)=O)c1. The predicted octanol–water partition coefficient (Wildman–Crippen LogP) is 1.28. The van der Waals surface area contributed by atoms with Crippen molar-refractivity contribution in [2.75, 3.05) is 7.11 Å². The molecule has 70 valence electrons. The lowest BCUT2D eigenvalue weighted by Gasteiger charge is -2.09. The predicted molar refractivity (Wildman–Crippen MR) is 50.6 cm³/mol. The van der Waals surface area contributed by atoms with Gasteiger partial charge in [-0.2, -0.15) is 0 Å². The van der Waals surface area contributed by atoms with E-state index in [1.165, 1.54) is 6.92 Å². The zero-order chi connectivity index (χ0) is 9.84. The monoisotopic (exact) mass is 179 g/mol. The minimum atomic E-state index is -0.546. The molecule has 3 nitrogen and oxygen atoms in total. The van der Waals surface area contributed by atoms with Crippen molar-refractivity contribution in [2.24, 2.45) is 5.73 Å². The molecule has 2 N–H and O–H groups in total. The Hall–Kier alpha value is -1.35. The van der Waals surface area contributed by atoms with E-state index < -0.39 is 6.04 Å². The topological polar surface area (TPSA) is 52.3 Å². The molecular formula is C10H13NO2. The molecule has 0 bridgehead atoms. The average Bonchev–Trinajstić information content (AvgIpc) is 2.16. The van der Waals surface area contributed by atoms with E-state index in [1.54, 1.807) is 13.2 Å². The van der Waals surface area contributed by atoms with E-state index in [-0.39, 0.29) is 5.78 Å². The standard InChI is InChI=1S/C10H13NO2/c1-7(12)10(11)8-4-3-5-9(6-8)13-2/h3-6,10H,11H2,1-2H3. The number of carbonyl (C=O) groups is 1. The number of rotatable bonds is 3. The summed E-state index contributed by atoms with van der Waals surface area (Å²) in [6.07, 6.45) is 0. The van der Waals surface area contributed by atoms with Gasteiger partial charge in [-0.15, -0.1) is 0 Å². The van der Waals surface area contributed by atoms with E-state index in [1.807, 2.05) is 18.2 Å². The summed E-state index contributed by atoms with van der Waals surface area (Å²) in [4.78, 5) is 11.0. The molecule has 0 aliphatic carbocycles. The molecule has 0 amide bonds. The van der Waals surface area contributed by atoms with Crippen LogP contribution in [0.1, 0.15) is 18.5 Å². The first-order valence-electron chi connectivity index (χ1n) is 4.05. The number of Topliss-reactive ketones (excluding diaryl/α,β-unsaturated/α-hetero) is 1. The van der Waals surface area contributed by atoms with E-state index >= 15 is 0 Å². The maximum absolute atomic E-state index is 11.0. The van der Waals surface area contributed by atoms with Gasteiger partial charge in [0.25, 0.3) is 0 Å². The molecule has 0 radical (unpaired) electrons. The first-order chi connectivity index (χ1) is 6.15. The van der Waals surface area contributed by atoms with Gasteiger partial charge < -0.3 is 10.5 Å². The number of ether oxygens (including phenoxy) is 1. The summed E-state index contributed by atoms with van der Waals surface area (Å²) < 4.78 is 5.02. The second-order valence-corrected chi connectivity index (χ2v) is 2.86. The zero-order valence-corrected chi connectivity index (χ0v) is 7.78. The molecule has 1 atom stereocenters. The average molecular weight is 179 g/mol. The van der Waals surface area contributed by atoms with Crippen molar-refractivity contribution >= 4 is 5.78 Å². The molecule has 1 aromatic rings. The van der Waals surface area contributed by atoms with Crippen LogP contribution in [0.5, 0.6) is 5.75 Å². The Balaban J connectivity index is 2.94. The lowest BCUT2D eigenvalue weighted by Crippen LogP contribution is -2.18. The maximum Gasteiger partial charge on any atom is 0.150 e. The molecule has 13 heavy (non-hydrogen) atoms. The Labute approximate surface area is 77.5 Å². The third kappa shape index (κ3) is 2.29. The summed E-state index contributed by atoms with van der Waals surface area (Å²) in [5.74, 6) is 0.669. The summed E-state index contributed by atoms with van der Waals surface area (Å²) >= 11 is 0. The van der Waals surface area contributed by atoms with Gasteiger partial charge in [0.05, 0.1) is 13.2 Å². The van der Waals surface area contributed by atoms with Crippen LogP contribution in [0.2, 0.25) is 0 Å². The molecule has 3 heteroatoms. The fourth-order valence-corrected chi connectivity index (χ4v) is 1.07. The normalized spacial score (nSPS) is 12.2. The Kier molecular flexibility index (Phi) is 3.03. The van der Waals surface area contributed by atoms with Crippen molar-refractivity contribution in [3.8, 4) is 5.75 Å². The molecular weight excluding hydrogens is 166 g/mol. The van der Waals surface area contributed by atoms with Crippen LogP contribution in [-0.2, 0) is 4.79 Å². The number of hydrogen-bond acceptors (Lipinski definition) is 3. The first kappa shape index (κ1) is 9.74. The number of methoxy groups -OCH3 is 1. The number of carbonyl (C=O) groups excluding carboxylic acids is 1. The Morgan fingerprint density at radius 3 is 2.77 bits per heavy atom. The van der Waals surface area contributed by atoms with Gasteiger partial charge in [-0.1, -0.05) is 12.1 Å². The smallest absolute Gasteiger partial charge is 0.150 e. The van der Waals surface area contributed by atoms with Crippen molar-refractivity contribution < 1.29 is 9.53 Å². The van der Waals surface area contributed by atoms with Crippen molar-refractivity contribution in [3.63, 3.8) is 0 Å². The van der Waals surface area contributed by atoms with Crippen molar-refractivity contribution in [3.05, 3.63) is 29.8 Å². The van der Waals surface area contributed by atoms with Gasteiger partial charge in [0, 0.05) is 0 Å². The van der Waals surface area contributed by atoms with Gasteiger partial charge in [0.15, 0.2) is 5.78 Å². The molecule has 1 rings (SSSR count). The van der Waals surface area contributed by atoms with Crippen LogP contribution in [0.3, 0.4) is 0 Å². The molecule has 1 unspecified atom stereocenters. The summed E-state index contributed by atoms with van der Waals surface area (Å²) in [5, 5.41) is 0. The third-order valence-electron chi connectivity index (χ3n) is 1.89. The molecule has 0 heterocycles. The van der Waals surface area contributed by atoms with Crippen LogP contribution >= 0.6 is 0 Å². The van der Waals surface area contributed by atoms with Crippen LogP contribution < -0.4 is 10.5 Å². The van der Waals surface area contributed by atoms with Gasteiger partial charge >= 0.3 is 0 Å². The number of benzene rings is 1. The summed E-state index contributed by atoms with van der Waals surface area (Å²) in [7, 11) is 1.58. The molecule has 0 aliphatic heterocycles. The summed E-state index contributed by atoms with van der Waals surface area (Å²) in [6.45, 7) is 1.48. The highest BCUT2D eigenvalue weighted by molar-refractivity contribution is 5.82. The van der Waals surface area contributed by atoms with Crippen molar-refractivity contribution in [1.29, 1.82) is 0 Å². The van der Waals surface area contributed by atoms with Crippen LogP contribution in [0.15, 0.2) is 24.3 Å². The lowest BCUT2D eigenvalue weighted by molar-refractivity contribution is -0.118. The summed E-state index contributed by atoms with van der Waals surface area (Å²) in [6, 6.07) is 6.67.